The minimum absolute atomic E-state index is 0. The predicted molar refractivity (Wildman–Crippen MR) is 89.8 cm³/mol. The van der Waals surface area contributed by atoms with Crippen molar-refractivity contribution in [2.45, 2.75) is 44.7 Å². The van der Waals surface area contributed by atoms with Crippen LogP contribution in [-0.4, -0.2) is 31.0 Å². The molecule has 3 rings (SSSR count). The highest BCUT2D eigenvalue weighted by Gasteiger charge is 2.42. The summed E-state index contributed by atoms with van der Waals surface area (Å²) >= 11 is 0. The zero-order valence-electron chi connectivity index (χ0n) is 13.6. The lowest BCUT2D eigenvalue weighted by atomic mass is 10.1. The molecular formula is C17H23ClF2N2O2. The maximum atomic E-state index is 13.1. The van der Waals surface area contributed by atoms with Crippen LogP contribution < -0.4 is 15.4 Å². The van der Waals surface area contributed by atoms with E-state index in [1.165, 1.54) is 12.8 Å². The number of rotatable bonds is 6. The standard InChI is InChI=1S/C17H22F2N2O2.ClH/c1-11-2-5-13(15(6-11)23-9-12-3-4-12)8-20-16(22)14-7-17(18,19)10-21-14;/h2,5-6,12,14,21H,3-4,7-10H2,1H3,(H,20,22);1H. The molecule has 2 N–H and O–H groups in total. The summed E-state index contributed by atoms with van der Waals surface area (Å²) < 4.78 is 32.1. The third-order valence-electron chi connectivity index (χ3n) is 4.27. The van der Waals surface area contributed by atoms with Crippen LogP contribution in [0.1, 0.15) is 30.4 Å². The molecule has 1 atom stereocenters. The average molecular weight is 361 g/mol. The number of hydrogen-bond donors (Lipinski definition) is 2. The molecule has 2 aliphatic rings. The summed E-state index contributed by atoms with van der Waals surface area (Å²) in [5.74, 6) is -1.79. The Hall–Kier alpha value is -1.40. The van der Waals surface area contributed by atoms with Gasteiger partial charge in [0.15, 0.2) is 0 Å². The number of ether oxygens (including phenoxy) is 1. The Morgan fingerprint density at radius 1 is 1.42 bits per heavy atom. The summed E-state index contributed by atoms with van der Waals surface area (Å²) in [4.78, 5) is 12.0. The van der Waals surface area contributed by atoms with Crippen molar-refractivity contribution in [2.24, 2.45) is 5.92 Å². The van der Waals surface area contributed by atoms with Crippen LogP contribution >= 0.6 is 12.4 Å². The van der Waals surface area contributed by atoms with Gasteiger partial charge in [-0.2, -0.15) is 0 Å². The van der Waals surface area contributed by atoms with Crippen molar-refractivity contribution in [2.75, 3.05) is 13.2 Å². The van der Waals surface area contributed by atoms with Gasteiger partial charge in [0.2, 0.25) is 5.91 Å². The Kier molecular flexibility index (Phi) is 6.04. The molecule has 24 heavy (non-hydrogen) atoms. The number of halogens is 3. The third kappa shape index (κ3) is 5.05. The fourth-order valence-electron chi connectivity index (χ4n) is 2.64. The molecule has 1 saturated heterocycles. The van der Waals surface area contributed by atoms with Crippen LogP contribution in [0, 0.1) is 12.8 Å². The predicted octanol–water partition coefficient (Wildman–Crippen LogP) is 2.82. The first-order chi connectivity index (χ1) is 10.9. The molecule has 1 aliphatic carbocycles. The lowest BCUT2D eigenvalue weighted by Gasteiger charge is -2.15. The second-order valence-electron chi connectivity index (χ2n) is 6.58. The van der Waals surface area contributed by atoms with E-state index < -0.39 is 30.8 Å². The number of benzene rings is 1. The van der Waals surface area contributed by atoms with Crippen molar-refractivity contribution in [3.63, 3.8) is 0 Å². The van der Waals surface area contributed by atoms with Gasteiger partial charge in [0.05, 0.1) is 19.2 Å². The summed E-state index contributed by atoms with van der Waals surface area (Å²) in [6, 6.07) is 4.99. The Labute approximate surface area is 146 Å². The van der Waals surface area contributed by atoms with Gasteiger partial charge in [-0.05, 0) is 37.3 Å². The van der Waals surface area contributed by atoms with Crippen LogP contribution in [-0.2, 0) is 11.3 Å². The first-order valence-corrected chi connectivity index (χ1v) is 8.04. The molecule has 1 aliphatic heterocycles. The number of nitrogens with one attached hydrogen (secondary N) is 2. The molecule has 0 bridgehead atoms. The van der Waals surface area contributed by atoms with Crippen LogP contribution in [0.2, 0.25) is 0 Å². The number of hydrogen-bond acceptors (Lipinski definition) is 3. The van der Waals surface area contributed by atoms with Gasteiger partial charge in [0, 0.05) is 18.5 Å². The largest absolute Gasteiger partial charge is 0.493 e. The fraction of sp³-hybridized carbons (Fsp3) is 0.588. The maximum Gasteiger partial charge on any atom is 0.262 e. The van der Waals surface area contributed by atoms with Crippen molar-refractivity contribution in [3.05, 3.63) is 29.3 Å². The molecule has 1 aromatic rings. The van der Waals surface area contributed by atoms with Crippen molar-refractivity contribution in [3.8, 4) is 5.75 Å². The molecule has 0 radical (unpaired) electrons. The number of carbonyl (C=O) groups excluding carboxylic acids is 1. The zero-order valence-corrected chi connectivity index (χ0v) is 14.4. The highest BCUT2D eigenvalue weighted by molar-refractivity contribution is 5.85. The highest BCUT2D eigenvalue weighted by atomic mass is 35.5. The molecule has 4 nitrogen and oxygen atoms in total. The Balaban J connectivity index is 0.00000208. The molecular weight excluding hydrogens is 338 g/mol. The molecule has 1 unspecified atom stereocenters. The SMILES string of the molecule is Cc1ccc(CNC(=O)C2CC(F)(F)CN2)c(OCC2CC2)c1.Cl. The van der Waals surface area contributed by atoms with Gasteiger partial charge in [-0.3, -0.25) is 10.1 Å². The highest BCUT2D eigenvalue weighted by Crippen LogP contribution is 2.31. The second-order valence-corrected chi connectivity index (χ2v) is 6.58. The van der Waals surface area contributed by atoms with E-state index in [0.717, 1.165) is 16.9 Å². The number of carbonyl (C=O) groups is 1. The van der Waals surface area contributed by atoms with Crippen LogP contribution in [0.15, 0.2) is 18.2 Å². The number of aryl methyl sites for hydroxylation is 1. The Bertz CT molecular complexity index is 594. The molecule has 7 heteroatoms. The third-order valence-corrected chi connectivity index (χ3v) is 4.27. The first kappa shape index (κ1) is 18.9. The molecule has 1 amide bonds. The van der Waals surface area contributed by atoms with E-state index in [9.17, 15) is 13.6 Å². The molecule has 1 aromatic carbocycles. The summed E-state index contributed by atoms with van der Waals surface area (Å²) in [6.45, 7) is 2.52. The lowest BCUT2D eigenvalue weighted by molar-refractivity contribution is -0.123. The summed E-state index contributed by atoms with van der Waals surface area (Å²) in [5.41, 5.74) is 1.96. The van der Waals surface area contributed by atoms with Crippen LogP contribution in [0.5, 0.6) is 5.75 Å². The van der Waals surface area contributed by atoms with E-state index in [1.807, 2.05) is 25.1 Å². The van der Waals surface area contributed by atoms with Gasteiger partial charge in [-0.15, -0.1) is 12.4 Å². The number of alkyl halides is 2. The molecule has 2 fully saturated rings. The number of amides is 1. The molecule has 0 aromatic heterocycles. The van der Waals surface area contributed by atoms with Crippen LogP contribution in [0.4, 0.5) is 8.78 Å². The van der Waals surface area contributed by atoms with Gasteiger partial charge in [-0.25, -0.2) is 8.78 Å². The molecule has 134 valence electrons. The maximum absolute atomic E-state index is 13.1. The minimum Gasteiger partial charge on any atom is -0.493 e. The normalized spacial score (nSPS) is 21.9. The van der Waals surface area contributed by atoms with Gasteiger partial charge in [-0.1, -0.05) is 12.1 Å². The van der Waals surface area contributed by atoms with E-state index in [2.05, 4.69) is 10.6 Å². The fourth-order valence-corrected chi connectivity index (χ4v) is 2.64. The first-order valence-electron chi connectivity index (χ1n) is 8.04. The zero-order chi connectivity index (χ0) is 16.4. The Morgan fingerprint density at radius 2 is 2.17 bits per heavy atom. The van der Waals surface area contributed by atoms with Crippen LogP contribution in [0.3, 0.4) is 0 Å². The van der Waals surface area contributed by atoms with E-state index in [-0.39, 0.29) is 19.0 Å². The Morgan fingerprint density at radius 3 is 2.79 bits per heavy atom. The van der Waals surface area contributed by atoms with Crippen molar-refractivity contribution < 1.29 is 18.3 Å². The summed E-state index contributed by atoms with van der Waals surface area (Å²) in [5, 5.41) is 5.29. The van der Waals surface area contributed by atoms with Crippen molar-refractivity contribution in [1.82, 2.24) is 10.6 Å². The molecule has 0 spiro atoms. The lowest BCUT2D eigenvalue weighted by Crippen LogP contribution is -2.40. The van der Waals surface area contributed by atoms with Gasteiger partial charge < -0.3 is 10.1 Å². The quantitative estimate of drug-likeness (QED) is 0.820. The molecule has 1 saturated carbocycles. The minimum atomic E-state index is -2.80. The van der Waals surface area contributed by atoms with E-state index in [4.69, 9.17) is 4.74 Å². The summed E-state index contributed by atoms with van der Waals surface area (Å²) in [7, 11) is 0. The van der Waals surface area contributed by atoms with E-state index >= 15 is 0 Å². The average Bonchev–Trinajstić information content (AvgIpc) is 3.26. The van der Waals surface area contributed by atoms with Gasteiger partial charge in [0.25, 0.3) is 5.92 Å². The molecule has 1 heterocycles. The van der Waals surface area contributed by atoms with E-state index in [0.29, 0.717) is 12.5 Å². The second kappa shape index (κ2) is 7.66. The van der Waals surface area contributed by atoms with Crippen LogP contribution in [0.25, 0.3) is 0 Å². The van der Waals surface area contributed by atoms with Gasteiger partial charge >= 0.3 is 0 Å². The summed E-state index contributed by atoms with van der Waals surface area (Å²) in [6.07, 6.45) is 1.97. The topological polar surface area (TPSA) is 50.4 Å². The van der Waals surface area contributed by atoms with E-state index in [1.54, 1.807) is 0 Å². The van der Waals surface area contributed by atoms with Crippen molar-refractivity contribution >= 4 is 18.3 Å². The van der Waals surface area contributed by atoms with Crippen molar-refractivity contribution in [1.29, 1.82) is 0 Å². The smallest absolute Gasteiger partial charge is 0.262 e. The monoisotopic (exact) mass is 360 g/mol. The van der Waals surface area contributed by atoms with Gasteiger partial charge in [0.1, 0.15) is 5.75 Å².